The standard InChI is InChI=1S/C22H30FN3O4S/c1-17(2)30-21-11-9-20(10-12-21)24-31(28,29)16-22(27)26(14-13-25(3)4)15-18-5-7-19(23)8-6-18/h5-12,17,24H,13-16H2,1-4H3. The summed E-state index contributed by atoms with van der Waals surface area (Å²) in [5.41, 5.74) is 1.07. The monoisotopic (exact) mass is 451 g/mol. The van der Waals surface area contributed by atoms with Gasteiger partial charge < -0.3 is 14.5 Å². The molecule has 0 saturated carbocycles. The molecule has 0 aliphatic rings. The Morgan fingerprint density at radius 1 is 1.03 bits per heavy atom. The Morgan fingerprint density at radius 3 is 2.19 bits per heavy atom. The summed E-state index contributed by atoms with van der Waals surface area (Å²) < 4.78 is 46.3. The Kier molecular flexibility index (Phi) is 8.82. The Labute approximate surface area is 183 Å². The summed E-state index contributed by atoms with van der Waals surface area (Å²) in [6.45, 7) is 4.91. The smallest absolute Gasteiger partial charge is 0.241 e. The van der Waals surface area contributed by atoms with Crippen LogP contribution in [0.1, 0.15) is 19.4 Å². The number of sulfonamides is 1. The van der Waals surface area contributed by atoms with Crippen LogP contribution in [0.3, 0.4) is 0 Å². The number of hydrogen-bond donors (Lipinski definition) is 1. The molecule has 0 aromatic heterocycles. The predicted octanol–water partition coefficient (Wildman–Crippen LogP) is 2.95. The van der Waals surface area contributed by atoms with E-state index >= 15 is 0 Å². The van der Waals surface area contributed by atoms with E-state index in [4.69, 9.17) is 4.74 Å². The number of likely N-dealkylation sites (N-methyl/N-ethyl adjacent to an activating group) is 1. The molecule has 0 atom stereocenters. The number of carbonyl (C=O) groups is 1. The predicted molar refractivity (Wildman–Crippen MR) is 120 cm³/mol. The van der Waals surface area contributed by atoms with Crippen molar-refractivity contribution < 1.29 is 22.3 Å². The maximum absolute atomic E-state index is 13.2. The average molecular weight is 452 g/mol. The van der Waals surface area contributed by atoms with Crippen molar-refractivity contribution in [3.05, 3.63) is 59.9 Å². The summed E-state index contributed by atoms with van der Waals surface area (Å²) in [6, 6.07) is 12.3. The van der Waals surface area contributed by atoms with Crippen LogP contribution in [0, 0.1) is 5.82 Å². The van der Waals surface area contributed by atoms with Gasteiger partial charge in [0.2, 0.25) is 15.9 Å². The minimum Gasteiger partial charge on any atom is -0.491 e. The first kappa shape index (κ1) is 24.6. The van der Waals surface area contributed by atoms with E-state index in [1.54, 1.807) is 36.4 Å². The van der Waals surface area contributed by atoms with E-state index in [2.05, 4.69) is 4.72 Å². The Bertz CT molecular complexity index is 946. The zero-order valence-electron chi connectivity index (χ0n) is 18.3. The van der Waals surface area contributed by atoms with Crippen LogP contribution in [0.15, 0.2) is 48.5 Å². The first-order valence-corrected chi connectivity index (χ1v) is 11.6. The summed E-state index contributed by atoms with van der Waals surface area (Å²) in [7, 11) is -0.175. The fourth-order valence-corrected chi connectivity index (χ4v) is 3.84. The highest BCUT2D eigenvalue weighted by molar-refractivity contribution is 7.93. The molecule has 0 saturated heterocycles. The van der Waals surface area contributed by atoms with Gasteiger partial charge >= 0.3 is 0 Å². The molecule has 2 aromatic carbocycles. The number of anilines is 1. The lowest BCUT2D eigenvalue weighted by atomic mass is 10.2. The number of amides is 1. The topological polar surface area (TPSA) is 78.9 Å². The lowest BCUT2D eigenvalue weighted by Gasteiger charge is -2.24. The van der Waals surface area contributed by atoms with Gasteiger partial charge in [-0.1, -0.05) is 12.1 Å². The molecule has 0 aliphatic heterocycles. The third-order valence-electron chi connectivity index (χ3n) is 4.27. The fourth-order valence-electron chi connectivity index (χ4n) is 2.77. The van der Waals surface area contributed by atoms with Crippen LogP contribution in [-0.2, 0) is 21.4 Å². The first-order chi connectivity index (χ1) is 14.5. The number of nitrogens with zero attached hydrogens (tertiary/aromatic N) is 2. The normalized spacial score (nSPS) is 11.6. The molecule has 0 bridgehead atoms. The van der Waals surface area contributed by atoms with E-state index in [0.717, 1.165) is 5.56 Å². The molecule has 0 fully saturated rings. The second-order valence-corrected chi connectivity index (χ2v) is 9.52. The summed E-state index contributed by atoms with van der Waals surface area (Å²) in [5, 5.41) is 0. The number of carbonyl (C=O) groups excluding carboxylic acids is 1. The molecule has 0 spiro atoms. The Hall–Kier alpha value is -2.65. The van der Waals surface area contributed by atoms with Crippen LogP contribution >= 0.6 is 0 Å². The minimum atomic E-state index is -3.91. The van der Waals surface area contributed by atoms with E-state index in [-0.39, 0.29) is 18.5 Å². The molecule has 9 heteroatoms. The molecule has 0 unspecified atom stereocenters. The molecule has 1 amide bonds. The van der Waals surface area contributed by atoms with Crippen molar-refractivity contribution in [1.29, 1.82) is 0 Å². The lowest BCUT2D eigenvalue weighted by Crippen LogP contribution is -2.40. The van der Waals surface area contributed by atoms with Crippen molar-refractivity contribution >= 4 is 21.6 Å². The Morgan fingerprint density at radius 2 is 1.65 bits per heavy atom. The van der Waals surface area contributed by atoms with Gasteiger partial charge in [0.25, 0.3) is 0 Å². The summed E-state index contributed by atoms with van der Waals surface area (Å²) in [5.74, 6) is -0.959. The molecule has 1 N–H and O–H groups in total. The molecular weight excluding hydrogens is 421 g/mol. The fraction of sp³-hybridized carbons (Fsp3) is 0.409. The van der Waals surface area contributed by atoms with Gasteiger partial charge in [-0.25, -0.2) is 12.8 Å². The van der Waals surface area contributed by atoms with Gasteiger partial charge in [-0.15, -0.1) is 0 Å². The SMILES string of the molecule is CC(C)Oc1ccc(NS(=O)(=O)CC(=O)N(CCN(C)C)Cc2ccc(F)cc2)cc1. The van der Waals surface area contributed by atoms with Gasteiger partial charge in [-0.3, -0.25) is 9.52 Å². The van der Waals surface area contributed by atoms with E-state index in [9.17, 15) is 17.6 Å². The molecule has 2 aromatic rings. The van der Waals surface area contributed by atoms with Crippen molar-refractivity contribution in [3.8, 4) is 5.75 Å². The quantitative estimate of drug-likeness (QED) is 0.568. The van der Waals surface area contributed by atoms with Gasteiger partial charge in [0, 0.05) is 25.3 Å². The number of nitrogens with one attached hydrogen (secondary N) is 1. The maximum atomic E-state index is 13.2. The second-order valence-electron chi connectivity index (χ2n) is 7.80. The molecule has 31 heavy (non-hydrogen) atoms. The van der Waals surface area contributed by atoms with Crippen molar-refractivity contribution in [2.24, 2.45) is 0 Å². The van der Waals surface area contributed by atoms with E-state index in [1.807, 2.05) is 32.8 Å². The van der Waals surface area contributed by atoms with Gasteiger partial charge in [0.15, 0.2) is 0 Å². The van der Waals surface area contributed by atoms with E-state index < -0.39 is 21.7 Å². The van der Waals surface area contributed by atoms with Crippen LogP contribution in [0.2, 0.25) is 0 Å². The third-order valence-corrected chi connectivity index (χ3v) is 5.44. The van der Waals surface area contributed by atoms with Crippen molar-refractivity contribution in [2.75, 3.05) is 37.7 Å². The van der Waals surface area contributed by atoms with Crippen LogP contribution < -0.4 is 9.46 Å². The third kappa shape index (κ3) is 8.94. The van der Waals surface area contributed by atoms with Crippen LogP contribution in [0.4, 0.5) is 10.1 Å². The zero-order chi connectivity index (χ0) is 23.0. The van der Waals surface area contributed by atoms with E-state index in [1.165, 1.54) is 17.0 Å². The van der Waals surface area contributed by atoms with Crippen molar-refractivity contribution in [2.45, 2.75) is 26.5 Å². The molecule has 170 valence electrons. The summed E-state index contributed by atoms with van der Waals surface area (Å²) in [4.78, 5) is 16.2. The number of hydrogen-bond acceptors (Lipinski definition) is 5. The highest BCUT2D eigenvalue weighted by Crippen LogP contribution is 2.18. The lowest BCUT2D eigenvalue weighted by molar-refractivity contribution is -0.129. The maximum Gasteiger partial charge on any atom is 0.241 e. The number of rotatable bonds is 11. The molecular formula is C22H30FN3O4S. The van der Waals surface area contributed by atoms with Crippen LogP contribution in [0.25, 0.3) is 0 Å². The van der Waals surface area contributed by atoms with Crippen LogP contribution in [0.5, 0.6) is 5.75 Å². The largest absolute Gasteiger partial charge is 0.491 e. The number of ether oxygens (including phenoxy) is 1. The minimum absolute atomic E-state index is 0.00872. The Balaban J connectivity index is 2.06. The number of halogens is 1. The molecule has 2 rings (SSSR count). The van der Waals surface area contributed by atoms with Gasteiger partial charge in [0.05, 0.1) is 6.10 Å². The molecule has 0 radical (unpaired) electrons. The second kappa shape index (κ2) is 11.1. The first-order valence-electron chi connectivity index (χ1n) is 9.98. The van der Waals surface area contributed by atoms with Gasteiger partial charge in [-0.2, -0.15) is 0 Å². The molecule has 0 aliphatic carbocycles. The van der Waals surface area contributed by atoms with Crippen molar-refractivity contribution in [1.82, 2.24) is 9.80 Å². The molecule has 7 nitrogen and oxygen atoms in total. The highest BCUT2D eigenvalue weighted by atomic mass is 32.2. The highest BCUT2D eigenvalue weighted by Gasteiger charge is 2.22. The summed E-state index contributed by atoms with van der Waals surface area (Å²) >= 11 is 0. The van der Waals surface area contributed by atoms with E-state index in [0.29, 0.717) is 24.5 Å². The van der Waals surface area contributed by atoms with Gasteiger partial charge in [-0.05, 0) is 69.9 Å². The van der Waals surface area contributed by atoms with Gasteiger partial charge in [0.1, 0.15) is 17.3 Å². The molecule has 0 heterocycles. The number of benzene rings is 2. The van der Waals surface area contributed by atoms with Crippen molar-refractivity contribution in [3.63, 3.8) is 0 Å². The summed E-state index contributed by atoms with van der Waals surface area (Å²) in [6.07, 6.45) is 0.00872. The average Bonchev–Trinajstić information content (AvgIpc) is 2.67. The van der Waals surface area contributed by atoms with Crippen LogP contribution in [-0.4, -0.2) is 63.2 Å². The zero-order valence-corrected chi connectivity index (χ0v) is 19.2.